The Bertz CT molecular complexity index is 533. The summed E-state index contributed by atoms with van der Waals surface area (Å²) in [7, 11) is 0. The van der Waals surface area contributed by atoms with Crippen LogP contribution in [0.1, 0.15) is 32.8 Å². The second-order valence-corrected chi connectivity index (χ2v) is 4.86. The van der Waals surface area contributed by atoms with Crippen molar-refractivity contribution in [3.05, 3.63) is 27.9 Å². The fourth-order valence-electron chi connectivity index (χ4n) is 1.91. The highest BCUT2D eigenvalue weighted by molar-refractivity contribution is 6.01. The molecule has 0 saturated carbocycles. The number of pyridine rings is 1. The van der Waals surface area contributed by atoms with Crippen LogP contribution in [0.15, 0.2) is 17.4 Å². The lowest BCUT2D eigenvalue weighted by molar-refractivity contribution is -0.385. The molecule has 0 saturated heterocycles. The monoisotopic (exact) mass is 295 g/mol. The molecular weight excluding hydrogens is 274 g/mol. The molecule has 3 N–H and O–H groups in total. The number of anilines is 1. The van der Waals surface area contributed by atoms with Crippen LogP contribution in [0.5, 0.6) is 0 Å². The predicted molar refractivity (Wildman–Crippen MR) is 80.7 cm³/mol. The van der Waals surface area contributed by atoms with E-state index in [0.717, 1.165) is 13.0 Å². The summed E-state index contributed by atoms with van der Waals surface area (Å²) >= 11 is 0. The number of nitrogens with two attached hydrogens (primary N) is 1. The minimum absolute atomic E-state index is 0.191. The third-order valence-electron chi connectivity index (χ3n) is 3.36. The van der Waals surface area contributed by atoms with Gasteiger partial charge >= 0.3 is 0 Å². The number of nitro groups is 1. The first-order chi connectivity index (χ1) is 9.94. The van der Waals surface area contributed by atoms with E-state index in [4.69, 9.17) is 10.9 Å². The molecule has 0 aliphatic rings. The number of rotatable bonds is 7. The molecule has 0 aromatic carbocycles. The van der Waals surface area contributed by atoms with Crippen molar-refractivity contribution in [1.82, 2.24) is 4.98 Å². The van der Waals surface area contributed by atoms with Crippen molar-refractivity contribution in [2.75, 3.05) is 18.0 Å². The highest BCUT2D eigenvalue weighted by Gasteiger charge is 2.20. The molecule has 1 aromatic heterocycles. The number of hydrogen-bond donors (Lipinski definition) is 2. The molecule has 8 nitrogen and oxygen atoms in total. The molecule has 0 spiro atoms. The Labute approximate surface area is 123 Å². The van der Waals surface area contributed by atoms with Gasteiger partial charge in [0.25, 0.3) is 5.69 Å². The lowest BCUT2D eigenvalue weighted by atomic mass is 10.1. The highest BCUT2D eigenvalue weighted by Crippen LogP contribution is 2.23. The van der Waals surface area contributed by atoms with Crippen LogP contribution in [0.25, 0.3) is 0 Å². The van der Waals surface area contributed by atoms with Gasteiger partial charge in [0.15, 0.2) is 5.84 Å². The molecule has 1 aromatic rings. The molecule has 21 heavy (non-hydrogen) atoms. The maximum absolute atomic E-state index is 10.8. The predicted octanol–water partition coefficient (Wildman–Crippen LogP) is 1.96. The van der Waals surface area contributed by atoms with Crippen LogP contribution in [-0.4, -0.2) is 34.0 Å². The number of oxime groups is 1. The molecule has 1 heterocycles. The highest BCUT2D eigenvalue weighted by atomic mass is 16.6. The van der Waals surface area contributed by atoms with Gasteiger partial charge in [-0.3, -0.25) is 10.1 Å². The van der Waals surface area contributed by atoms with Gasteiger partial charge in [-0.05, 0) is 12.8 Å². The molecule has 1 unspecified atom stereocenters. The third kappa shape index (κ3) is 4.04. The van der Waals surface area contributed by atoms with Gasteiger partial charge in [-0.1, -0.05) is 25.4 Å². The summed E-state index contributed by atoms with van der Waals surface area (Å²) in [6.07, 6.45) is 2.19. The summed E-state index contributed by atoms with van der Waals surface area (Å²) in [4.78, 5) is 16.4. The minimum atomic E-state index is -0.560. The fourth-order valence-corrected chi connectivity index (χ4v) is 1.91. The Kier molecular flexibility index (Phi) is 5.89. The maximum Gasteiger partial charge on any atom is 0.288 e. The molecular formula is C13H21N5O3. The van der Waals surface area contributed by atoms with Crippen molar-refractivity contribution in [3.8, 4) is 0 Å². The zero-order valence-electron chi connectivity index (χ0n) is 12.5. The van der Waals surface area contributed by atoms with Crippen molar-refractivity contribution in [2.45, 2.75) is 27.2 Å². The van der Waals surface area contributed by atoms with Crippen LogP contribution < -0.4 is 10.6 Å². The maximum atomic E-state index is 10.8. The lowest BCUT2D eigenvalue weighted by Crippen LogP contribution is -2.31. The van der Waals surface area contributed by atoms with Gasteiger partial charge in [0, 0.05) is 19.2 Å². The van der Waals surface area contributed by atoms with E-state index in [1.54, 1.807) is 0 Å². The second kappa shape index (κ2) is 7.41. The SMILES string of the molecule is CCC(C)CN(CC)c1ncc([N+](=O)[O-])cc1C(N)=NO. The zero-order chi connectivity index (χ0) is 16.0. The van der Waals surface area contributed by atoms with Gasteiger partial charge in [-0.25, -0.2) is 4.98 Å². The van der Waals surface area contributed by atoms with Crippen molar-refractivity contribution in [2.24, 2.45) is 16.8 Å². The van der Waals surface area contributed by atoms with Gasteiger partial charge in [-0.15, -0.1) is 0 Å². The fraction of sp³-hybridized carbons (Fsp3) is 0.538. The van der Waals surface area contributed by atoms with Crippen molar-refractivity contribution in [1.29, 1.82) is 0 Å². The van der Waals surface area contributed by atoms with Gasteiger partial charge in [-0.2, -0.15) is 0 Å². The summed E-state index contributed by atoms with van der Waals surface area (Å²) in [5.74, 6) is 0.726. The largest absolute Gasteiger partial charge is 0.409 e. The average molecular weight is 295 g/mol. The summed E-state index contributed by atoms with van der Waals surface area (Å²) < 4.78 is 0. The summed E-state index contributed by atoms with van der Waals surface area (Å²) in [6, 6.07) is 1.27. The lowest BCUT2D eigenvalue weighted by Gasteiger charge is -2.26. The van der Waals surface area contributed by atoms with Crippen LogP contribution in [-0.2, 0) is 0 Å². The molecule has 0 aliphatic carbocycles. The van der Waals surface area contributed by atoms with Gasteiger partial charge in [0.1, 0.15) is 12.0 Å². The first-order valence-electron chi connectivity index (χ1n) is 6.81. The number of aromatic nitrogens is 1. The topological polar surface area (TPSA) is 118 Å². The smallest absolute Gasteiger partial charge is 0.288 e. The van der Waals surface area contributed by atoms with Crippen molar-refractivity contribution >= 4 is 17.3 Å². The molecule has 0 fully saturated rings. The van der Waals surface area contributed by atoms with E-state index in [9.17, 15) is 10.1 Å². The van der Waals surface area contributed by atoms with Crippen LogP contribution in [0.4, 0.5) is 11.5 Å². The zero-order valence-corrected chi connectivity index (χ0v) is 12.5. The Balaban J connectivity index is 3.29. The van der Waals surface area contributed by atoms with Crippen LogP contribution >= 0.6 is 0 Å². The Hall–Kier alpha value is -2.38. The van der Waals surface area contributed by atoms with E-state index in [-0.39, 0.29) is 17.1 Å². The molecule has 8 heteroatoms. The normalized spacial score (nSPS) is 13.0. The quantitative estimate of drug-likeness (QED) is 0.261. The molecule has 116 valence electrons. The first kappa shape index (κ1) is 16.7. The standard InChI is InChI=1S/C13H21N5O3/c1-4-9(3)8-17(5-2)13-11(12(14)16-19)6-10(7-15-13)18(20)21/h6-7,9,19H,4-5,8H2,1-3H3,(H2,14,16). The molecule has 0 radical (unpaired) electrons. The summed E-state index contributed by atoms with van der Waals surface area (Å²) in [5.41, 5.74) is 5.70. The average Bonchev–Trinajstić information content (AvgIpc) is 2.50. The molecule has 0 aliphatic heterocycles. The number of hydrogen-bond acceptors (Lipinski definition) is 6. The molecule has 1 rings (SSSR count). The second-order valence-electron chi connectivity index (χ2n) is 4.86. The van der Waals surface area contributed by atoms with E-state index >= 15 is 0 Å². The summed E-state index contributed by atoms with van der Waals surface area (Å²) in [5, 5.41) is 22.7. The Morgan fingerprint density at radius 1 is 1.62 bits per heavy atom. The Morgan fingerprint density at radius 3 is 2.76 bits per heavy atom. The van der Waals surface area contributed by atoms with Crippen molar-refractivity contribution < 1.29 is 10.1 Å². The van der Waals surface area contributed by atoms with E-state index in [2.05, 4.69) is 24.0 Å². The van der Waals surface area contributed by atoms with Crippen LogP contribution in [0.3, 0.4) is 0 Å². The van der Waals surface area contributed by atoms with Crippen LogP contribution in [0.2, 0.25) is 0 Å². The van der Waals surface area contributed by atoms with Crippen LogP contribution in [0, 0.1) is 16.0 Å². The minimum Gasteiger partial charge on any atom is -0.409 e. The van der Waals surface area contributed by atoms with E-state index < -0.39 is 4.92 Å². The molecule has 0 bridgehead atoms. The van der Waals surface area contributed by atoms with E-state index in [1.807, 2.05) is 11.8 Å². The van der Waals surface area contributed by atoms with E-state index in [1.165, 1.54) is 12.3 Å². The van der Waals surface area contributed by atoms with E-state index in [0.29, 0.717) is 18.3 Å². The van der Waals surface area contributed by atoms with Gasteiger partial charge in [0.2, 0.25) is 0 Å². The third-order valence-corrected chi connectivity index (χ3v) is 3.36. The molecule has 0 amide bonds. The van der Waals surface area contributed by atoms with Crippen molar-refractivity contribution in [3.63, 3.8) is 0 Å². The van der Waals surface area contributed by atoms with Gasteiger partial charge < -0.3 is 15.8 Å². The Morgan fingerprint density at radius 2 is 2.29 bits per heavy atom. The number of amidine groups is 1. The first-order valence-corrected chi connectivity index (χ1v) is 6.81. The number of nitrogens with zero attached hydrogens (tertiary/aromatic N) is 4. The van der Waals surface area contributed by atoms with Gasteiger partial charge in [0.05, 0.1) is 10.5 Å². The molecule has 1 atom stereocenters. The summed E-state index contributed by atoms with van der Waals surface area (Å²) in [6.45, 7) is 7.56.